The van der Waals surface area contributed by atoms with Crippen LogP contribution < -0.4 is 0 Å². The molecule has 0 aromatic heterocycles. The van der Waals surface area contributed by atoms with Crippen LogP contribution in [-0.4, -0.2) is 57.6 Å². The molecule has 0 bridgehead atoms. The summed E-state index contributed by atoms with van der Waals surface area (Å²) in [4.78, 5) is 0. The number of rotatable bonds is 2. The Morgan fingerprint density at radius 2 is 2.00 bits per heavy atom. The first kappa shape index (κ1) is 9.88. The molecule has 1 aliphatic heterocycles. The lowest BCUT2D eigenvalue weighted by Gasteiger charge is -2.26. The molecule has 1 rings (SSSR count). The van der Waals surface area contributed by atoms with Crippen LogP contribution in [0.5, 0.6) is 0 Å². The van der Waals surface area contributed by atoms with Gasteiger partial charge in [0.15, 0.2) is 0 Å². The Morgan fingerprint density at radius 3 is 2.25 bits per heavy atom. The second-order valence-electron chi connectivity index (χ2n) is 3.09. The zero-order chi connectivity index (χ0) is 9.35. The highest BCUT2D eigenvalue weighted by Crippen LogP contribution is 2.30. The summed E-state index contributed by atoms with van der Waals surface area (Å²) in [6, 6.07) is 0. The van der Waals surface area contributed by atoms with E-state index >= 15 is 0 Å². The molecule has 0 amide bonds. The van der Waals surface area contributed by atoms with Gasteiger partial charge in [-0.25, -0.2) is 0 Å². The minimum atomic E-state index is -1.65. The van der Waals surface area contributed by atoms with Crippen molar-refractivity contribution < 1.29 is 25.2 Å². The van der Waals surface area contributed by atoms with E-state index in [9.17, 15) is 10.2 Å². The molecule has 1 heterocycles. The van der Waals surface area contributed by atoms with Gasteiger partial charge in [-0.05, 0) is 6.92 Å². The van der Waals surface area contributed by atoms with Crippen LogP contribution in [0.3, 0.4) is 0 Å². The summed E-state index contributed by atoms with van der Waals surface area (Å²) in [7, 11) is 0. The number of hydrogen-bond donors (Lipinski definition) is 4. The topological polar surface area (TPSA) is 90.2 Å². The summed E-state index contributed by atoms with van der Waals surface area (Å²) in [6.45, 7) is 0.592. The molecule has 0 saturated carbocycles. The standard InChI is InChI=1S/C7H14O5/c1-4-7(11,3-9)6(10)5(2-8)12-4/h4-6,8-11H,2-3H2,1H3/t4-,5+,6+,7-/m0/s1. The van der Waals surface area contributed by atoms with Gasteiger partial charge in [0.1, 0.15) is 17.8 Å². The third-order valence-electron chi connectivity index (χ3n) is 2.38. The van der Waals surface area contributed by atoms with Crippen LogP contribution in [0, 0.1) is 0 Å². The molecule has 0 aromatic carbocycles. The zero-order valence-electron chi connectivity index (χ0n) is 6.84. The highest BCUT2D eigenvalue weighted by Gasteiger charge is 2.52. The number of aliphatic hydroxyl groups is 4. The van der Waals surface area contributed by atoms with E-state index in [-0.39, 0.29) is 6.61 Å². The molecule has 1 saturated heterocycles. The molecule has 0 aromatic rings. The van der Waals surface area contributed by atoms with Crippen molar-refractivity contribution in [3.05, 3.63) is 0 Å². The molecule has 12 heavy (non-hydrogen) atoms. The van der Waals surface area contributed by atoms with E-state index in [1.54, 1.807) is 0 Å². The van der Waals surface area contributed by atoms with Gasteiger partial charge in [0.25, 0.3) is 0 Å². The monoisotopic (exact) mass is 178 g/mol. The SMILES string of the molecule is C[C@@H]1O[C@H](CO)[C@@H](O)[C@]1(O)CO. The summed E-state index contributed by atoms with van der Waals surface area (Å²) in [5, 5.41) is 36.5. The molecule has 0 unspecified atom stereocenters. The van der Waals surface area contributed by atoms with E-state index in [1.165, 1.54) is 6.92 Å². The van der Waals surface area contributed by atoms with Gasteiger partial charge in [0.05, 0.1) is 19.3 Å². The molecule has 0 aliphatic carbocycles. The summed E-state index contributed by atoms with van der Waals surface area (Å²) >= 11 is 0. The third-order valence-corrected chi connectivity index (χ3v) is 2.38. The second-order valence-corrected chi connectivity index (χ2v) is 3.09. The largest absolute Gasteiger partial charge is 0.394 e. The van der Waals surface area contributed by atoms with E-state index in [0.717, 1.165) is 0 Å². The Labute approximate surface area is 70.2 Å². The van der Waals surface area contributed by atoms with Crippen molar-refractivity contribution in [1.29, 1.82) is 0 Å². The fourth-order valence-electron chi connectivity index (χ4n) is 1.38. The Bertz CT molecular complexity index is 162. The van der Waals surface area contributed by atoms with Crippen LogP contribution >= 0.6 is 0 Å². The molecular formula is C7H14O5. The molecule has 1 fully saturated rings. The quantitative estimate of drug-likeness (QED) is 0.387. The summed E-state index contributed by atoms with van der Waals surface area (Å²) < 4.78 is 5.02. The zero-order valence-corrected chi connectivity index (χ0v) is 6.84. The fourth-order valence-corrected chi connectivity index (χ4v) is 1.38. The molecule has 5 nitrogen and oxygen atoms in total. The summed E-state index contributed by atoms with van der Waals surface area (Å²) in [5.74, 6) is 0. The molecular weight excluding hydrogens is 164 g/mol. The predicted molar refractivity (Wildman–Crippen MR) is 39.5 cm³/mol. The minimum Gasteiger partial charge on any atom is -0.394 e. The number of ether oxygens (including phenoxy) is 1. The lowest BCUT2D eigenvalue weighted by atomic mass is 9.92. The van der Waals surface area contributed by atoms with Crippen molar-refractivity contribution in [2.75, 3.05) is 13.2 Å². The van der Waals surface area contributed by atoms with Crippen molar-refractivity contribution in [3.63, 3.8) is 0 Å². The average molecular weight is 178 g/mol. The van der Waals surface area contributed by atoms with Crippen molar-refractivity contribution in [1.82, 2.24) is 0 Å². The van der Waals surface area contributed by atoms with Crippen LogP contribution in [-0.2, 0) is 4.74 Å². The third kappa shape index (κ3) is 1.23. The highest BCUT2D eigenvalue weighted by molar-refractivity contribution is 5.01. The molecule has 1 aliphatic rings. The second kappa shape index (κ2) is 3.27. The van der Waals surface area contributed by atoms with E-state index in [0.29, 0.717) is 0 Å². The maximum Gasteiger partial charge on any atom is 0.142 e. The van der Waals surface area contributed by atoms with Gasteiger partial charge in [-0.15, -0.1) is 0 Å². The molecule has 4 N–H and O–H groups in total. The Morgan fingerprint density at radius 1 is 1.42 bits per heavy atom. The number of aliphatic hydroxyl groups excluding tert-OH is 3. The predicted octanol–water partition coefficient (Wildman–Crippen LogP) is -2.15. The van der Waals surface area contributed by atoms with Crippen molar-refractivity contribution in [3.8, 4) is 0 Å². The lowest BCUT2D eigenvalue weighted by Crippen LogP contribution is -2.50. The molecule has 72 valence electrons. The first-order chi connectivity index (χ1) is 5.56. The van der Waals surface area contributed by atoms with Gasteiger partial charge in [-0.2, -0.15) is 0 Å². The van der Waals surface area contributed by atoms with E-state index in [1.807, 2.05) is 0 Å². The van der Waals surface area contributed by atoms with Gasteiger partial charge in [-0.3, -0.25) is 0 Å². The van der Waals surface area contributed by atoms with E-state index < -0.39 is 30.5 Å². The Balaban J connectivity index is 2.76. The Hall–Kier alpha value is -0.200. The Kier molecular flexibility index (Phi) is 2.70. The van der Waals surface area contributed by atoms with Gasteiger partial charge in [-0.1, -0.05) is 0 Å². The lowest BCUT2D eigenvalue weighted by molar-refractivity contribution is -0.103. The fraction of sp³-hybridized carbons (Fsp3) is 1.00. The average Bonchev–Trinajstić information content (AvgIpc) is 2.30. The van der Waals surface area contributed by atoms with Gasteiger partial charge in [0.2, 0.25) is 0 Å². The van der Waals surface area contributed by atoms with Crippen LogP contribution in [0.4, 0.5) is 0 Å². The van der Waals surface area contributed by atoms with Crippen LogP contribution in [0.15, 0.2) is 0 Å². The summed E-state index contributed by atoms with van der Waals surface area (Å²) in [5.41, 5.74) is -1.65. The molecule has 4 atom stereocenters. The first-order valence-corrected chi connectivity index (χ1v) is 3.84. The van der Waals surface area contributed by atoms with Crippen LogP contribution in [0.25, 0.3) is 0 Å². The maximum absolute atomic E-state index is 9.60. The first-order valence-electron chi connectivity index (χ1n) is 3.84. The van der Waals surface area contributed by atoms with Crippen molar-refractivity contribution in [2.24, 2.45) is 0 Å². The van der Waals surface area contributed by atoms with E-state index in [2.05, 4.69) is 0 Å². The maximum atomic E-state index is 9.60. The van der Waals surface area contributed by atoms with Gasteiger partial charge < -0.3 is 25.2 Å². The van der Waals surface area contributed by atoms with Crippen LogP contribution in [0.2, 0.25) is 0 Å². The van der Waals surface area contributed by atoms with Gasteiger partial charge in [0, 0.05) is 0 Å². The van der Waals surface area contributed by atoms with E-state index in [4.69, 9.17) is 14.9 Å². The highest BCUT2D eigenvalue weighted by atomic mass is 16.6. The molecule has 0 spiro atoms. The van der Waals surface area contributed by atoms with Crippen LogP contribution in [0.1, 0.15) is 6.92 Å². The van der Waals surface area contributed by atoms with Crippen molar-refractivity contribution >= 4 is 0 Å². The minimum absolute atomic E-state index is 0.367. The normalized spacial score (nSPS) is 48.2. The van der Waals surface area contributed by atoms with Gasteiger partial charge >= 0.3 is 0 Å². The number of hydrogen-bond acceptors (Lipinski definition) is 5. The molecule has 5 heteroatoms. The summed E-state index contributed by atoms with van der Waals surface area (Å²) in [6.07, 6.45) is -2.71. The smallest absolute Gasteiger partial charge is 0.142 e. The van der Waals surface area contributed by atoms with Crippen molar-refractivity contribution in [2.45, 2.75) is 30.8 Å². The molecule has 0 radical (unpaired) electrons.